The maximum Gasteiger partial charge on any atom is 0.341 e. The molecule has 7 nitrogen and oxygen atoms in total. The number of hydrogen-bond donors (Lipinski definition) is 3. The first kappa shape index (κ1) is 23.6. The molecule has 3 aromatic rings. The molecule has 170 valence electrons. The Morgan fingerprint density at radius 3 is 2.47 bits per heavy atom. The molecule has 0 saturated heterocycles. The van der Waals surface area contributed by atoms with E-state index in [0.717, 1.165) is 6.07 Å². The van der Waals surface area contributed by atoms with Crippen LogP contribution in [0.4, 0.5) is 4.39 Å². The van der Waals surface area contributed by atoms with Gasteiger partial charge in [-0.25, -0.2) is 9.18 Å². The third-order valence-corrected chi connectivity index (χ3v) is 5.72. The van der Waals surface area contributed by atoms with E-state index < -0.39 is 28.8 Å². The fraction of sp³-hybridized carbons (Fsp3) is 0.304. The fourth-order valence-electron chi connectivity index (χ4n) is 3.76. The van der Waals surface area contributed by atoms with Gasteiger partial charge >= 0.3 is 5.97 Å². The molecule has 0 aliphatic heterocycles. The molecule has 3 rings (SSSR count). The first-order chi connectivity index (χ1) is 15.1. The minimum atomic E-state index is -1.39. The monoisotopic (exact) mass is 463 g/mol. The van der Waals surface area contributed by atoms with E-state index in [1.54, 1.807) is 10.6 Å². The minimum Gasteiger partial charge on any atom is -0.508 e. The molecule has 1 heterocycles. The summed E-state index contributed by atoms with van der Waals surface area (Å²) in [5.41, 5.74) is -0.292. The van der Waals surface area contributed by atoms with Crippen molar-refractivity contribution < 1.29 is 29.2 Å². The summed E-state index contributed by atoms with van der Waals surface area (Å²) in [6.45, 7) is 3.46. The Kier molecular flexibility index (Phi) is 6.76. The van der Waals surface area contributed by atoms with Crippen molar-refractivity contribution in [3.8, 4) is 11.5 Å². The molecule has 0 radical (unpaired) electrons. The average Bonchev–Trinajstić information content (AvgIpc) is 2.73. The number of methoxy groups -OCH3 is 1. The van der Waals surface area contributed by atoms with Gasteiger partial charge in [0.1, 0.15) is 22.9 Å². The number of aromatic carboxylic acids is 1. The van der Waals surface area contributed by atoms with E-state index in [1.807, 2.05) is 13.8 Å². The van der Waals surface area contributed by atoms with Crippen LogP contribution in [0.2, 0.25) is 5.02 Å². The topological polar surface area (TPSA) is 109 Å². The highest BCUT2D eigenvalue weighted by molar-refractivity contribution is 6.31. The highest BCUT2D eigenvalue weighted by Crippen LogP contribution is 2.32. The minimum absolute atomic E-state index is 0.0661. The van der Waals surface area contributed by atoms with Crippen molar-refractivity contribution in [2.24, 2.45) is 5.92 Å². The number of pyridine rings is 1. The van der Waals surface area contributed by atoms with Crippen LogP contribution in [0.1, 0.15) is 41.4 Å². The van der Waals surface area contributed by atoms with E-state index in [-0.39, 0.29) is 40.7 Å². The number of ether oxygens (including phenoxy) is 1. The number of carboxylic acid groups (broad SMARTS) is 1. The van der Waals surface area contributed by atoms with E-state index >= 15 is 0 Å². The maximum absolute atomic E-state index is 14.5. The number of benzene rings is 2. The second-order valence-corrected chi connectivity index (χ2v) is 8.24. The van der Waals surface area contributed by atoms with Gasteiger partial charge in [0.25, 0.3) is 0 Å². The third kappa shape index (κ3) is 4.28. The zero-order chi connectivity index (χ0) is 23.7. The number of aromatic nitrogens is 1. The summed E-state index contributed by atoms with van der Waals surface area (Å²) in [5.74, 6) is -2.07. The standard InChI is InChI=1S/C23H23ClFNO6/c1-11(2)19(10-27)26-9-16(23(30)31)22(29)15-6-12(20(32-3)8-18(15)26)4-13-5-14(28)7-17(24)21(13)25/h5-9,11,19,27-28H,4,10H2,1-3H3,(H,30,31)/t19-/m1/s1. The Bertz CT molecular complexity index is 1250. The average molecular weight is 464 g/mol. The lowest BCUT2D eigenvalue weighted by atomic mass is 9.98. The lowest BCUT2D eigenvalue weighted by molar-refractivity contribution is 0.0694. The highest BCUT2D eigenvalue weighted by Gasteiger charge is 2.23. The van der Waals surface area contributed by atoms with Crippen LogP contribution >= 0.6 is 11.6 Å². The first-order valence-corrected chi connectivity index (χ1v) is 10.2. The number of rotatable bonds is 7. The van der Waals surface area contributed by atoms with Crippen LogP contribution in [-0.4, -0.2) is 39.6 Å². The third-order valence-electron chi connectivity index (χ3n) is 5.45. The van der Waals surface area contributed by atoms with Gasteiger partial charge in [0, 0.05) is 30.1 Å². The summed E-state index contributed by atoms with van der Waals surface area (Å²) in [6.07, 6.45) is 1.16. The Balaban J connectivity index is 2.33. The lowest BCUT2D eigenvalue weighted by Gasteiger charge is -2.25. The highest BCUT2D eigenvalue weighted by atomic mass is 35.5. The van der Waals surface area contributed by atoms with Crippen LogP contribution in [-0.2, 0) is 6.42 Å². The van der Waals surface area contributed by atoms with Crippen molar-refractivity contribution in [1.82, 2.24) is 4.57 Å². The summed E-state index contributed by atoms with van der Waals surface area (Å²) < 4.78 is 21.5. The molecule has 0 fully saturated rings. The molecular weight excluding hydrogens is 441 g/mol. The fourth-order valence-corrected chi connectivity index (χ4v) is 3.99. The molecule has 1 atom stereocenters. The molecule has 0 aliphatic rings. The van der Waals surface area contributed by atoms with Crippen LogP contribution in [0.25, 0.3) is 10.9 Å². The summed E-state index contributed by atoms with van der Waals surface area (Å²) >= 11 is 5.83. The van der Waals surface area contributed by atoms with Crippen molar-refractivity contribution >= 4 is 28.5 Å². The number of aliphatic hydroxyl groups is 1. The molecule has 0 amide bonds. The molecule has 32 heavy (non-hydrogen) atoms. The molecule has 1 aromatic heterocycles. The molecule has 2 aromatic carbocycles. The largest absolute Gasteiger partial charge is 0.508 e. The summed E-state index contributed by atoms with van der Waals surface area (Å²) in [6, 6.07) is 4.82. The number of nitrogens with zero attached hydrogens (tertiary/aromatic N) is 1. The molecule has 0 aliphatic carbocycles. The van der Waals surface area contributed by atoms with E-state index in [2.05, 4.69) is 0 Å². The van der Waals surface area contributed by atoms with Crippen molar-refractivity contribution in [3.63, 3.8) is 0 Å². The Morgan fingerprint density at radius 1 is 1.22 bits per heavy atom. The summed E-state index contributed by atoms with van der Waals surface area (Å²) in [7, 11) is 1.41. The van der Waals surface area contributed by atoms with Gasteiger partial charge < -0.3 is 24.6 Å². The number of aliphatic hydroxyl groups excluding tert-OH is 1. The van der Waals surface area contributed by atoms with Crippen molar-refractivity contribution in [2.75, 3.05) is 13.7 Å². The number of carboxylic acids is 1. The quantitative estimate of drug-likeness (QED) is 0.489. The number of fused-ring (bicyclic) bond motifs is 1. The van der Waals surface area contributed by atoms with Gasteiger partial charge in [0.05, 0.1) is 30.3 Å². The van der Waals surface area contributed by atoms with Crippen molar-refractivity contribution in [3.05, 3.63) is 68.2 Å². The van der Waals surface area contributed by atoms with Crippen LogP contribution < -0.4 is 10.2 Å². The van der Waals surface area contributed by atoms with Crippen LogP contribution in [0.3, 0.4) is 0 Å². The smallest absolute Gasteiger partial charge is 0.341 e. The van der Waals surface area contributed by atoms with E-state index in [9.17, 15) is 29.3 Å². The molecule has 0 unspecified atom stereocenters. The number of hydrogen-bond acceptors (Lipinski definition) is 5. The molecule has 3 N–H and O–H groups in total. The van der Waals surface area contributed by atoms with E-state index in [4.69, 9.17) is 16.3 Å². The van der Waals surface area contributed by atoms with Crippen LogP contribution in [0, 0.1) is 11.7 Å². The van der Waals surface area contributed by atoms with Crippen LogP contribution in [0.15, 0.2) is 35.3 Å². The van der Waals surface area contributed by atoms with Gasteiger partial charge in [0.2, 0.25) is 5.43 Å². The Labute approximate surface area is 188 Å². The molecule has 0 saturated carbocycles. The predicted molar refractivity (Wildman–Crippen MR) is 119 cm³/mol. The normalized spacial score (nSPS) is 12.3. The Hall–Kier alpha value is -3.10. The Morgan fingerprint density at radius 2 is 1.91 bits per heavy atom. The molecule has 0 bridgehead atoms. The number of aromatic hydroxyl groups is 1. The number of phenols is 1. The van der Waals surface area contributed by atoms with E-state index in [1.165, 1.54) is 25.4 Å². The lowest BCUT2D eigenvalue weighted by Crippen LogP contribution is -2.25. The van der Waals surface area contributed by atoms with Gasteiger partial charge in [-0.2, -0.15) is 0 Å². The van der Waals surface area contributed by atoms with Gasteiger partial charge in [-0.1, -0.05) is 25.4 Å². The predicted octanol–water partition coefficient (Wildman–Crippen LogP) is 3.99. The van der Waals surface area contributed by atoms with E-state index in [0.29, 0.717) is 16.8 Å². The maximum atomic E-state index is 14.5. The number of carbonyl (C=O) groups is 1. The first-order valence-electron chi connectivity index (χ1n) is 9.85. The summed E-state index contributed by atoms with van der Waals surface area (Å²) in [5, 5.41) is 29.1. The molecule has 0 spiro atoms. The summed E-state index contributed by atoms with van der Waals surface area (Å²) in [4.78, 5) is 24.7. The number of phenolic OH excluding ortho intramolecular Hbond substituents is 1. The molecule has 9 heteroatoms. The second kappa shape index (κ2) is 9.18. The zero-order valence-corrected chi connectivity index (χ0v) is 18.5. The van der Waals surface area contributed by atoms with Gasteiger partial charge in [-0.05, 0) is 29.2 Å². The van der Waals surface area contributed by atoms with Gasteiger partial charge in [-0.15, -0.1) is 0 Å². The van der Waals surface area contributed by atoms with Crippen molar-refractivity contribution in [2.45, 2.75) is 26.3 Å². The SMILES string of the molecule is COc1cc2c(cc1Cc1cc(O)cc(Cl)c1F)c(=O)c(C(=O)O)cn2[C@H](CO)C(C)C. The molecular formula is C23H23ClFNO6. The zero-order valence-electron chi connectivity index (χ0n) is 17.7. The van der Waals surface area contributed by atoms with Crippen LogP contribution in [0.5, 0.6) is 11.5 Å². The van der Waals surface area contributed by atoms with Crippen molar-refractivity contribution in [1.29, 1.82) is 0 Å². The van der Waals surface area contributed by atoms with Gasteiger partial charge in [-0.3, -0.25) is 4.79 Å². The second-order valence-electron chi connectivity index (χ2n) is 7.84. The number of halogens is 2. The van der Waals surface area contributed by atoms with Gasteiger partial charge in [0.15, 0.2) is 0 Å².